The first-order chi connectivity index (χ1) is 9.99. The fourth-order valence-electron chi connectivity index (χ4n) is 2.64. The zero-order valence-electron chi connectivity index (χ0n) is 13.3. The molecular weight excluding hydrogens is 262 g/mol. The zero-order valence-corrected chi connectivity index (χ0v) is 13.3. The Morgan fingerprint density at radius 2 is 2.00 bits per heavy atom. The topological polar surface area (TPSA) is 68.8 Å². The molecule has 1 heterocycles. The highest BCUT2D eigenvalue weighted by molar-refractivity contribution is 5.38. The molecule has 1 aromatic heterocycles. The Morgan fingerprint density at radius 3 is 2.62 bits per heavy atom. The van der Waals surface area contributed by atoms with E-state index in [9.17, 15) is 0 Å². The summed E-state index contributed by atoms with van der Waals surface area (Å²) in [6, 6.07) is 8.28. The van der Waals surface area contributed by atoms with Crippen LogP contribution >= 0.6 is 0 Å². The third kappa shape index (κ3) is 3.31. The normalized spacial score (nSPS) is 13.4. The van der Waals surface area contributed by atoms with Crippen molar-refractivity contribution < 1.29 is 0 Å². The first kappa shape index (κ1) is 15.7. The van der Waals surface area contributed by atoms with Crippen LogP contribution in [-0.4, -0.2) is 15.0 Å². The number of aryl methyl sites for hydroxylation is 1. The lowest BCUT2D eigenvalue weighted by Crippen LogP contribution is -2.32. The highest BCUT2D eigenvalue weighted by atomic mass is 15.4. The van der Waals surface area contributed by atoms with E-state index in [4.69, 9.17) is 5.84 Å². The van der Waals surface area contributed by atoms with E-state index in [1.54, 1.807) is 6.20 Å². The third-order valence-corrected chi connectivity index (χ3v) is 3.63. The van der Waals surface area contributed by atoms with Gasteiger partial charge < -0.3 is 0 Å². The monoisotopic (exact) mass is 287 g/mol. The lowest BCUT2D eigenvalue weighted by atomic mass is 9.81. The molecule has 2 rings (SSSR count). The molecule has 1 unspecified atom stereocenters. The molecule has 21 heavy (non-hydrogen) atoms. The quantitative estimate of drug-likeness (QED) is 0.655. The van der Waals surface area contributed by atoms with Crippen LogP contribution in [0.15, 0.2) is 30.5 Å². The molecule has 0 saturated carbocycles. The summed E-state index contributed by atoms with van der Waals surface area (Å²) in [5.41, 5.74) is 6.43. The van der Waals surface area contributed by atoms with Crippen molar-refractivity contribution in [1.82, 2.24) is 20.4 Å². The van der Waals surface area contributed by atoms with E-state index in [2.05, 4.69) is 61.6 Å². The van der Waals surface area contributed by atoms with Gasteiger partial charge in [-0.1, -0.05) is 57.2 Å². The molecule has 3 N–H and O–H groups in total. The minimum Gasteiger partial charge on any atom is -0.271 e. The summed E-state index contributed by atoms with van der Waals surface area (Å²) in [5, 5.41) is 8.21. The molecule has 5 heteroatoms. The van der Waals surface area contributed by atoms with Crippen LogP contribution in [-0.2, 0) is 12.0 Å². The predicted molar refractivity (Wildman–Crippen MR) is 84.6 cm³/mol. The maximum absolute atomic E-state index is 5.85. The van der Waals surface area contributed by atoms with Gasteiger partial charge in [0.25, 0.3) is 0 Å². The molecule has 114 valence electrons. The number of hydrogen-bond acceptors (Lipinski definition) is 4. The standard InChI is InChI=1S/C16H25N5/c1-5-10-21-14(11-18-20-21)15(19-17)12-8-6-7-9-13(12)16(2,3)4/h6-9,11,15,19H,5,10,17H2,1-4H3. The molecule has 0 amide bonds. The second-order valence-electron chi connectivity index (χ2n) is 6.32. The van der Waals surface area contributed by atoms with Crippen LogP contribution in [0.25, 0.3) is 0 Å². The molecule has 1 atom stereocenters. The summed E-state index contributed by atoms with van der Waals surface area (Å²) < 4.78 is 1.92. The Kier molecular flexibility index (Phi) is 4.75. The largest absolute Gasteiger partial charge is 0.271 e. The van der Waals surface area contributed by atoms with Crippen LogP contribution in [0.3, 0.4) is 0 Å². The van der Waals surface area contributed by atoms with Gasteiger partial charge in [0.1, 0.15) is 0 Å². The Bertz CT molecular complexity index is 582. The molecule has 0 aliphatic rings. The maximum Gasteiger partial charge on any atom is 0.0897 e. The van der Waals surface area contributed by atoms with Crippen LogP contribution < -0.4 is 11.3 Å². The second kappa shape index (κ2) is 6.37. The van der Waals surface area contributed by atoms with Gasteiger partial charge in [-0.05, 0) is 23.0 Å². The van der Waals surface area contributed by atoms with Gasteiger partial charge >= 0.3 is 0 Å². The van der Waals surface area contributed by atoms with Crippen molar-refractivity contribution in [2.24, 2.45) is 5.84 Å². The fraction of sp³-hybridized carbons (Fsp3) is 0.500. The lowest BCUT2D eigenvalue weighted by molar-refractivity contribution is 0.501. The Balaban J connectivity index is 2.50. The highest BCUT2D eigenvalue weighted by Crippen LogP contribution is 2.32. The van der Waals surface area contributed by atoms with Gasteiger partial charge in [0.2, 0.25) is 0 Å². The molecule has 0 fully saturated rings. The minimum atomic E-state index is -0.109. The van der Waals surface area contributed by atoms with Crippen molar-refractivity contribution in [2.75, 3.05) is 0 Å². The summed E-state index contributed by atoms with van der Waals surface area (Å²) in [7, 11) is 0. The third-order valence-electron chi connectivity index (χ3n) is 3.63. The molecule has 0 radical (unpaired) electrons. The Morgan fingerprint density at radius 1 is 1.29 bits per heavy atom. The molecule has 0 spiro atoms. The van der Waals surface area contributed by atoms with Crippen molar-refractivity contribution in [1.29, 1.82) is 0 Å². The molecule has 0 aliphatic carbocycles. The van der Waals surface area contributed by atoms with Crippen molar-refractivity contribution in [3.8, 4) is 0 Å². The fourth-order valence-corrected chi connectivity index (χ4v) is 2.64. The van der Waals surface area contributed by atoms with Crippen molar-refractivity contribution >= 4 is 0 Å². The number of hydrogen-bond donors (Lipinski definition) is 2. The van der Waals surface area contributed by atoms with Crippen LogP contribution in [0, 0.1) is 0 Å². The van der Waals surface area contributed by atoms with Crippen LogP contribution in [0.1, 0.15) is 57.0 Å². The smallest absolute Gasteiger partial charge is 0.0897 e. The maximum atomic E-state index is 5.85. The number of nitrogens with zero attached hydrogens (tertiary/aromatic N) is 3. The Hall–Kier alpha value is -1.72. The number of nitrogens with one attached hydrogen (secondary N) is 1. The summed E-state index contributed by atoms with van der Waals surface area (Å²) in [6.07, 6.45) is 2.80. The van der Waals surface area contributed by atoms with Gasteiger partial charge in [-0.3, -0.25) is 5.84 Å². The van der Waals surface area contributed by atoms with E-state index >= 15 is 0 Å². The first-order valence-corrected chi connectivity index (χ1v) is 7.43. The number of benzene rings is 1. The number of aromatic nitrogens is 3. The lowest BCUT2D eigenvalue weighted by Gasteiger charge is -2.27. The van der Waals surface area contributed by atoms with Gasteiger partial charge in [0.05, 0.1) is 17.9 Å². The average Bonchev–Trinajstić information content (AvgIpc) is 2.88. The molecule has 1 aromatic carbocycles. The molecule has 5 nitrogen and oxygen atoms in total. The average molecular weight is 287 g/mol. The highest BCUT2D eigenvalue weighted by Gasteiger charge is 2.25. The molecule has 2 aromatic rings. The summed E-state index contributed by atoms with van der Waals surface area (Å²) in [6.45, 7) is 9.59. The summed E-state index contributed by atoms with van der Waals surface area (Å²) >= 11 is 0. The SMILES string of the molecule is CCCn1nncc1C(NN)c1ccccc1C(C)(C)C. The van der Waals surface area contributed by atoms with Gasteiger partial charge in [-0.25, -0.2) is 10.1 Å². The predicted octanol–water partition coefficient (Wildman–Crippen LogP) is 2.54. The van der Waals surface area contributed by atoms with Gasteiger partial charge in [0, 0.05) is 6.54 Å². The van der Waals surface area contributed by atoms with Crippen molar-refractivity contribution in [2.45, 2.75) is 52.1 Å². The van der Waals surface area contributed by atoms with Crippen molar-refractivity contribution in [3.63, 3.8) is 0 Å². The molecular formula is C16H25N5. The van der Waals surface area contributed by atoms with E-state index in [0.717, 1.165) is 18.7 Å². The van der Waals surface area contributed by atoms with Crippen LogP contribution in [0.2, 0.25) is 0 Å². The second-order valence-corrected chi connectivity index (χ2v) is 6.32. The Labute approximate surface area is 126 Å². The van der Waals surface area contributed by atoms with E-state index in [1.807, 2.05) is 10.7 Å². The number of rotatable bonds is 5. The summed E-state index contributed by atoms with van der Waals surface area (Å²) in [4.78, 5) is 0. The molecule has 0 saturated heterocycles. The van der Waals surface area contributed by atoms with Gasteiger partial charge in [0.15, 0.2) is 0 Å². The zero-order chi connectivity index (χ0) is 15.5. The summed E-state index contributed by atoms with van der Waals surface area (Å²) in [5.74, 6) is 5.85. The van der Waals surface area contributed by atoms with E-state index in [1.165, 1.54) is 11.1 Å². The van der Waals surface area contributed by atoms with E-state index < -0.39 is 0 Å². The van der Waals surface area contributed by atoms with Crippen LogP contribution in [0.5, 0.6) is 0 Å². The number of nitrogens with two attached hydrogens (primary N) is 1. The number of hydrazine groups is 1. The van der Waals surface area contributed by atoms with Gasteiger partial charge in [-0.2, -0.15) is 0 Å². The van der Waals surface area contributed by atoms with E-state index in [0.29, 0.717) is 0 Å². The van der Waals surface area contributed by atoms with E-state index in [-0.39, 0.29) is 11.5 Å². The van der Waals surface area contributed by atoms with Crippen LogP contribution in [0.4, 0.5) is 0 Å². The van der Waals surface area contributed by atoms with Gasteiger partial charge in [-0.15, -0.1) is 5.10 Å². The molecule has 0 aliphatic heterocycles. The van der Waals surface area contributed by atoms with Crippen molar-refractivity contribution in [3.05, 3.63) is 47.3 Å². The first-order valence-electron chi connectivity index (χ1n) is 7.43. The molecule has 0 bridgehead atoms. The minimum absolute atomic E-state index is 0.0503.